The maximum Gasteiger partial charge on any atom is 0.339 e. The summed E-state index contributed by atoms with van der Waals surface area (Å²) >= 11 is 5.91. The largest absolute Gasteiger partial charge is 0.487 e. The molecule has 0 saturated heterocycles. The average Bonchev–Trinajstić information content (AvgIpc) is 2.52. The second-order valence-corrected chi connectivity index (χ2v) is 4.48. The van der Waals surface area contributed by atoms with Crippen LogP contribution in [0.4, 0.5) is 0 Å². The zero-order valence-corrected chi connectivity index (χ0v) is 11.9. The molecular formula is C15H11ClN2O3. The van der Waals surface area contributed by atoms with Gasteiger partial charge in [-0.25, -0.2) is 4.79 Å². The molecule has 106 valence electrons. The predicted octanol–water partition coefficient (Wildman–Crippen LogP) is 2.97. The lowest BCUT2D eigenvalue weighted by atomic mass is 10.2. The van der Waals surface area contributed by atoms with E-state index in [9.17, 15) is 4.79 Å². The van der Waals surface area contributed by atoms with Gasteiger partial charge < -0.3 is 9.47 Å². The molecule has 0 saturated carbocycles. The number of ether oxygens (including phenoxy) is 2. The van der Waals surface area contributed by atoms with Crippen molar-refractivity contribution >= 4 is 17.6 Å². The number of rotatable bonds is 4. The van der Waals surface area contributed by atoms with E-state index in [0.29, 0.717) is 27.6 Å². The molecule has 0 N–H and O–H groups in total. The summed E-state index contributed by atoms with van der Waals surface area (Å²) in [5.74, 6) is 0.103. The number of halogens is 1. The summed E-state index contributed by atoms with van der Waals surface area (Å²) < 4.78 is 10.1. The highest BCUT2D eigenvalue weighted by atomic mass is 35.5. The number of nitrogens with zero attached hydrogens (tertiary/aromatic N) is 2. The van der Waals surface area contributed by atoms with Crippen molar-refractivity contribution in [2.75, 3.05) is 7.11 Å². The van der Waals surface area contributed by atoms with Crippen LogP contribution < -0.4 is 4.74 Å². The molecule has 0 radical (unpaired) electrons. The Morgan fingerprint density at radius 2 is 2.19 bits per heavy atom. The van der Waals surface area contributed by atoms with Gasteiger partial charge in [0.1, 0.15) is 18.4 Å². The summed E-state index contributed by atoms with van der Waals surface area (Å²) in [6, 6.07) is 10.1. The SMILES string of the molecule is COC(=O)c1ccc(COc2ccc(C#N)c(Cl)c2)nc1. The second kappa shape index (κ2) is 6.73. The van der Waals surface area contributed by atoms with Crippen molar-refractivity contribution in [3.05, 3.63) is 58.4 Å². The molecule has 2 rings (SSSR count). The number of carbonyl (C=O) groups is 1. The average molecular weight is 303 g/mol. The van der Waals surface area contributed by atoms with Crippen LogP contribution >= 0.6 is 11.6 Å². The zero-order chi connectivity index (χ0) is 15.2. The van der Waals surface area contributed by atoms with Crippen molar-refractivity contribution in [1.82, 2.24) is 4.98 Å². The van der Waals surface area contributed by atoms with E-state index < -0.39 is 5.97 Å². The van der Waals surface area contributed by atoms with Gasteiger partial charge in [0.15, 0.2) is 0 Å². The van der Waals surface area contributed by atoms with E-state index in [1.54, 1.807) is 30.3 Å². The summed E-state index contributed by atoms with van der Waals surface area (Å²) in [4.78, 5) is 15.4. The standard InChI is InChI=1S/C15H11ClN2O3/c1-20-15(19)11-2-4-12(18-8-11)9-21-13-5-3-10(7-17)14(16)6-13/h2-6,8H,9H2,1H3. The number of hydrogen-bond acceptors (Lipinski definition) is 5. The molecule has 1 aromatic carbocycles. The summed E-state index contributed by atoms with van der Waals surface area (Å²) in [5, 5.41) is 9.12. The number of methoxy groups -OCH3 is 1. The molecule has 0 fully saturated rings. The Morgan fingerprint density at radius 1 is 1.38 bits per heavy atom. The summed E-state index contributed by atoms with van der Waals surface area (Å²) in [7, 11) is 1.31. The number of aromatic nitrogens is 1. The first-order valence-electron chi connectivity index (χ1n) is 5.99. The Morgan fingerprint density at radius 3 is 2.76 bits per heavy atom. The van der Waals surface area contributed by atoms with Gasteiger partial charge in [0.2, 0.25) is 0 Å². The molecule has 0 aliphatic heterocycles. The molecule has 0 aliphatic carbocycles. The van der Waals surface area contributed by atoms with Gasteiger partial charge in [0.25, 0.3) is 0 Å². The number of benzene rings is 1. The Kier molecular flexibility index (Phi) is 4.75. The molecule has 5 nitrogen and oxygen atoms in total. The Bertz CT molecular complexity index is 693. The van der Waals surface area contributed by atoms with E-state index in [1.165, 1.54) is 13.3 Å². The van der Waals surface area contributed by atoms with Crippen LogP contribution in [0.15, 0.2) is 36.5 Å². The topological polar surface area (TPSA) is 72.2 Å². The zero-order valence-electron chi connectivity index (χ0n) is 11.2. The van der Waals surface area contributed by atoms with Crippen LogP contribution in [0.2, 0.25) is 5.02 Å². The van der Waals surface area contributed by atoms with E-state index in [0.717, 1.165) is 0 Å². The molecule has 0 aliphatic rings. The van der Waals surface area contributed by atoms with Crippen molar-refractivity contribution in [2.45, 2.75) is 6.61 Å². The summed E-state index contributed by atoms with van der Waals surface area (Å²) in [5.41, 5.74) is 1.43. The maximum absolute atomic E-state index is 11.3. The van der Waals surface area contributed by atoms with Crippen LogP contribution in [-0.4, -0.2) is 18.1 Å². The fraction of sp³-hybridized carbons (Fsp3) is 0.133. The number of nitriles is 1. The highest BCUT2D eigenvalue weighted by molar-refractivity contribution is 6.31. The molecule has 1 heterocycles. The fourth-order valence-corrected chi connectivity index (χ4v) is 1.79. The highest BCUT2D eigenvalue weighted by Crippen LogP contribution is 2.22. The lowest BCUT2D eigenvalue weighted by molar-refractivity contribution is 0.0600. The van der Waals surface area contributed by atoms with Gasteiger partial charge in [-0.2, -0.15) is 5.26 Å². The first-order valence-corrected chi connectivity index (χ1v) is 6.37. The fourth-order valence-electron chi connectivity index (χ4n) is 1.58. The molecule has 21 heavy (non-hydrogen) atoms. The van der Waals surface area contributed by atoms with Gasteiger partial charge in [-0.1, -0.05) is 11.6 Å². The smallest absolute Gasteiger partial charge is 0.339 e. The van der Waals surface area contributed by atoms with Crippen molar-refractivity contribution < 1.29 is 14.3 Å². The summed E-state index contributed by atoms with van der Waals surface area (Å²) in [6.07, 6.45) is 1.43. The van der Waals surface area contributed by atoms with Crippen molar-refractivity contribution in [1.29, 1.82) is 5.26 Å². The number of carbonyl (C=O) groups excluding carboxylic acids is 1. The first-order chi connectivity index (χ1) is 10.1. The minimum Gasteiger partial charge on any atom is -0.487 e. The lowest BCUT2D eigenvalue weighted by Crippen LogP contribution is -2.04. The molecule has 1 aromatic heterocycles. The quantitative estimate of drug-likeness (QED) is 0.812. The van der Waals surface area contributed by atoms with Gasteiger partial charge in [-0.05, 0) is 24.3 Å². The molecule has 2 aromatic rings. The number of esters is 1. The summed E-state index contributed by atoms with van der Waals surface area (Å²) in [6.45, 7) is 0.226. The normalized spacial score (nSPS) is 9.76. The molecular weight excluding hydrogens is 292 g/mol. The molecule has 0 unspecified atom stereocenters. The third-order valence-corrected chi connectivity index (χ3v) is 3.01. The van der Waals surface area contributed by atoms with Gasteiger partial charge in [-0.3, -0.25) is 4.98 Å². The van der Waals surface area contributed by atoms with Crippen molar-refractivity contribution in [3.8, 4) is 11.8 Å². The molecule has 0 bridgehead atoms. The third-order valence-electron chi connectivity index (χ3n) is 2.69. The molecule has 0 amide bonds. The Balaban J connectivity index is 2.01. The number of pyridine rings is 1. The van der Waals surface area contributed by atoms with E-state index in [1.807, 2.05) is 6.07 Å². The predicted molar refractivity (Wildman–Crippen MR) is 76.1 cm³/mol. The van der Waals surface area contributed by atoms with Gasteiger partial charge in [0, 0.05) is 12.3 Å². The van der Waals surface area contributed by atoms with Crippen LogP contribution in [0, 0.1) is 11.3 Å². The Labute approximate surface area is 126 Å². The second-order valence-electron chi connectivity index (χ2n) is 4.07. The lowest BCUT2D eigenvalue weighted by Gasteiger charge is -2.07. The number of hydrogen-bond donors (Lipinski definition) is 0. The van der Waals surface area contributed by atoms with E-state index in [-0.39, 0.29) is 6.61 Å². The van der Waals surface area contributed by atoms with Gasteiger partial charge >= 0.3 is 5.97 Å². The Hall–Kier alpha value is -2.58. The van der Waals surface area contributed by atoms with Crippen molar-refractivity contribution in [2.24, 2.45) is 0 Å². The molecule has 0 spiro atoms. The van der Waals surface area contributed by atoms with Crippen LogP contribution in [-0.2, 0) is 11.3 Å². The minimum absolute atomic E-state index is 0.226. The van der Waals surface area contributed by atoms with Crippen LogP contribution in [0.25, 0.3) is 0 Å². The van der Waals surface area contributed by atoms with Crippen LogP contribution in [0.1, 0.15) is 21.6 Å². The molecule has 6 heteroatoms. The first kappa shape index (κ1) is 14.8. The van der Waals surface area contributed by atoms with Crippen LogP contribution in [0.3, 0.4) is 0 Å². The van der Waals surface area contributed by atoms with E-state index >= 15 is 0 Å². The third kappa shape index (κ3) is 3.71. The monoisotopic (exact) mass is 302 g/mol. The highest BCUT2D eigenvalue weighted by Gasteiger charge is 2.06. The van der Waals surface area contributed by atoms with Crippen molar-refractivity contribution in [3.63, 3.8) is 0 Å². The molecule has 0 atom stereocenters. The van der Waals surface area contributed by atoms with Gasteiger partial charge in [0.05, 0.1) is 29.0 Å². The van der Waals surface area contributed by atoms with E-state index in [4.69, 9.17) is 21.6 Å². The van der Waals surface area contributed by atoms with E-state index in [2.05, 4.69) is 9.72 Å². The van der Waals surface area contributed by atoms with Gasteiger partial charge in [-0.15, -0.1) is 0 Å². The van der Waals surface area contributed by atoms with Crippen LogP contribution in [0.5, 0.6) is 5.75 Å². The minimum atomic E-state index is -0.436. The maximum atomic E-state index is 11.3.